The number of sulfone groups is 1. The molecular weight excluding hydrogens is 382 g/mol. The van der Waals surface area contributed by atoms with Gasteiger partial charge in [-0.2, -0.15) is 13.8 Å². The van der Waals surface area contributed by atoms with Crippen LogP contribution in [0.1, 0.15) is 16.2 Å². The predicted octanol–water partition coefficient (Wildman–Crippen LogP) is 3.09. The normalized spacial score (nSPS) is 11.5. The number of esters is 1. The lowest BCUT2D eigenvalue weighted by atomic mass is 10.2. The number of nitrogens with zero attached hydrogens (tertiary/aromatic N) is 2. The molecule has 3 rings (SSSR count). The van der Waals surface area contributed by atoms with Crippen molar-refractivity contribution in [1.29, 1.82) is 0 Å². The molecule has 0 aliphatic carbocycles. The minimum Gasteiger partial charge on any atom is -0.452 e. The number of ether oxygens (including phenoxy) is 1. The highest BCUT2D eigenvalue weighted by atomic mass is 32.2. The van der Waals surface area contributed by atoms with Crippen LogP contribution in [-0.4, -0.2) is 30.3 Å². The molecule has 0 spiro atoms. The Morgan fingerprint density at radius 2 is 1.74 bits per heavy atom. The number of carbonyl (C=O) groups is 1. The summed E-state index contributed by atoms with van der Waals surface area (Å²) in [6.45, 7) is -0.296. The van der Waals surface area contributed by atoms with E-state index in [0.29, 0.717) is 5.82 Å². The molecule has 140 valence electrons. The Labute approximate surface area is 152 Å². The van der Waals surface area contributed by atoms with E-state index in [1.165, 1.54) is 0 Å². The molecule has 1 heterocycles. The van der Waals surface area contributed by atoms with Crippen molar-refractivity contribution in [2.45, 2.75) is 17.3 Å². The first-order valence-electron chi connectivity index (χ1n) is 7.55. The summed E-state index contributed by atoms with van der Waals surface area (Å²) in [5, 5.41) is 3.78. The maximum atomic E-state index is 12.5. The highest BCUT2D eigenvalue weighted by Crippen LogP contribution is 2.19. The van der Waals surface area contributed by atoms with Gasteiger partial charge in [-0.05, 0) is 24.3 Å². The van der Waals surface area contributed by atoms with Crippen molar-refractivity contribution in [3.63, 3.8) is 0 Å². The van der Waals surface area contributed by atoms with Gasteiger partial charge in [-0.3, -0.25) is 0 Å². The number of rotatable bonds is 6. The molecule has 0 aliphatic heterocycles. The van der Waals surface area contributed by atoms with Crippen molar-refractivity contribution < 1.29 is 31.3 Å². The van der Waals surface area contributed by atoms with E-state index in [1.54, 1.807) is 12.1 Å². The van der Waals surface area contributed by atoms with E-state index in [0.717, 1.165) is 29.8 Å². The van der Waals surface area contributed by atoms with Gasteiger partial charge in [0.1, 0.15) is 0 Å². The van der Waals surface area contributed by atoms with Crippen LogP contribution < -0.4 is 0 Å². The molecule has 2 aromatic carbocycles. The van der Waals surface area contributed by atoms with Crippen LogP contribution in [0.4, 0.5) is 8.78 Å². The van der Waals surface area contributed by atoms with Gasteiger partial charge in [-0.25, -0.2) is 13.2 Å². The van der Waals surface area contributed by atoms with E-state index in [-0.39, 0.29) is 18.1 Å². The average molecular weight is 394 g/mol. The number of benzene rings is 2. The van der Waals surface area contributed by atoms with Crippen LogP contribution in [0, 0.1) is 0 Å². The van der Waals surface area contributed by atoms with Crippen LogP contribution in [-0.2, 0) is 21.2 Å². The summed E-state index contributed by atoms with van der Waals surface area (Å²) in [7, 11) is -4.72. The first kappa shape index (κ1) is 18.6. The van der Waals surface area contributed by atoms with Crippen LogP contribution in [0.15, 0.2) is 64.0 Å². The summed E-state index contributed by atoms with van der Waals surface area (Å²) < 4.78 is 57.7. The van der Waals surface area contributed by atoms with Crippen LogP contribution >= 0.6 is 0 Å². The fourth-order valence-electron chi connectivity index (χ4n) is 2.11. The van der Waals surface area contributed by atoms with Gasteiger partial charge in [-0.15, -0.1) is 0 Å². The number of carbonyl (C=O) groups excluding carboxylic acids is 1. The molecule has 0 saturated carbocycles. The maximum Gasteiger partial charge on any atom is 0.341 e. The Bertz CT molecular complexity index is 1030. The van der Waals surface area contributed by atoms with Gasteiger partial charge >= 0.3 is 11.7 Å². The van der Waals surface area contributed by atoms with E-state index in [9.17, 15) is 22.0 Å². The zero-order valence-corrected chi connectivity index (χ0v) is 14.4. The summed E-state index contributed by atoms with van der Waals surface area (Å²) in [5.41, 5.74) is 0.723. The second kappa shape index (κ2) is 7.62. The standard InChI is InChI=1S/C17H12F2N2O5S/c18-17(19)27(23,24)13-8-6-12(7-9-13)16(22)25-10-14-20-15(21-26-14)11-4-2-1-3-5-11/h1-9,17H,10H2. The average Bonchev–Trinajstić information content (AvgIpc) is 3.16. The van der Waals surface area contributed by atoms with Crippen molar-refractivity contribution in [1.82, 2.24) is 10.1 Å². The van der Waals surface area contributed by atoms with Crippen LogP contribution in [0.2, 0.25) is 0 Å². The Morgan fingerprint density at radius 1 is 1.07 bits per heavy atom. The quantitative estimate of drug-likeness (QED) is 0.592. The van der Waals surface area contributed by atoms with Crippen molar-refractivity contribution in [2.75, 3.05) is 0 Å². The van der Waals surface area contributed by atoms with E-state index in [2.05, 4.69) is 10.1 Å². The molecule has 0 unspecified atom stereocenters. The second-order valence-corrected chi connectivity index (χ2v) is 7.20. The molecule has 7 nitrogen and oxygen atoms in total. The number of halogens is 2. The van der Waals surface area contributed by atoms with Crippen molar-refractivity contribution >= 4 is 15.8 Å². The third-order valence-electron chi connectivity index (χ3n) is 3.48. The van der Waals surface area contributed by atoms with Crippen LogP contribution in [0.25, 0.3) is 11.4 Å². The minimum atomic E-state index is -4.72. The highest BCUT2D eigenvalue weighted by molar-refractivity contribution is 7.91. The molecule has 10 heteroatoms. The zero-order valence-electron chi connectivity index (χ0n) is 13.6. The fraction of sp³-hybridized carbons (Fsp3) is 0.118. The summed E-state index contributed by atoms with van der Waals surface area (Å²) in [6.07, 6.45) is 0. The van der Waals surface area contributed by atoms with Gasteiger partial charge in [0, 0.05) is 5.56 Å². The molecule has 0 amide bonds. The van der Waals surface area contributed by atoms with Crippen LogP contribution in [0.5, 0.6) is 0 Å². The Hall–Kier alpha value is -3.14. The first-order valence-corrected chi connectivity index (χ1v) is 9.10. The Balaban J connectivity index is 1.64. The summed E-state index contributed by atoms with van der Waals surface area (Å²) >= 11 is 0. The Morgan fingerprint density at radius 3 is 2.37 bits per heavy atom. The van der Waals surface area contributed by atoms with Gasteiger partial charge in [0.15, 0.2) is 6.61 Å². The second-order valence-electron chi connectivity index (χ2n) is 5.28. The lowest BCUT2D eigenvalue weighted by Gasteiger charge is -2.05. The molecule has 1 aromatic heterocycles. The van der Waals surface area contributed by atoms with Gasteiger partial charge in [-0.1, -0.05) is 35.5 Å². The molecule has 0 N–H and O–H groups in total. The molecule has 0 bridgehead atoms. The number of hydrogen-bond acceptors (Lipinski definition) is 7. The molecule has 0 radical (unpaired) electrons. The van der Waals surface area contributed by atoms with E-state index < -0.39 is 26.5 Å². The van der Waals surface area contributed by atoms with Gasteiger partial charge in [0.25, 0.3) is 5.89 Å². The Kier molecular flexibility index (Phi) is 5.26. The number of hydrogen-bond donors (Lipinski definition) is 0. The topological polar surface area (TPSA) is 99.4 Å². The predicted molar refractivity (Wildman–Crippen MR) is 88.5 cm³/mol. The molecule has 0 aliphatic rings. The lowest BCUT2D eigenvalue weighted by Crippen LogP contribution is -2.12. The number of aromatic nitrogens is 2. The molecule has 3 aromatic rings. The van der Waals surface area contributed by atoms with Gasteiger partial charge in [0.2, 0.25) is 15.7 Å². The largest absolute Gasteiger partial charge is 0.452 e. The van der Waals surface area contributed by atoms with Crippen molar-refractivity contribution in [3.8, 4) is 11.4 Å². The monoisotopic (exact) mass is 394 g/mol. The smallest absolute Gasteiger partial charge is 0.341 e. The minimum absolute atomic E-state index is 0.00832. The van der Waals surface area contributed by atoms with Gasteiger partial charge in [0.05, 0.1) is 10.5 Å². The van der Waals surface area contributed by atoms with Gasteiger partial charge < -0.3 is 9.26 Å². The molecule has 0 saturated heterocycles. The van der Waals surface area contributed by atoms with Crippen LogP contribution in [0.3, 0.4) is 0 Å². The van der Waals surface area contributed by atoms with E-state index >= 15 is 0 Å². The summed E-state index contributed by atoms with van der Waals surface area (Å²) in [4.78, 5) is 15.5. The molecule has 0 atom stereocenters. The highest BCUT2D eigenvalue weighted by Gasteiger charge is 2.26. The molecule has 27 heavy (non-hydrogen) atoms. The van der Waals surface area contributed by atoms with Crippen molar-refractivity contribution in [3.05, 3.63) is 66.1 Å². The lowest BCUT2D eigenvalue weighted by molar-refractivity contribution is 0.0429. The molecular formula is C17H12F2N2O5S. The molecule has 0 fully saturated rings. The van der Waals surface area contributed by atoms with E-state index in [1.807, 2.05) is 18.2 Å². The SMILES string of the molecule is O=C(OCc1nc(-c2ccccc2)no1)c1ccc(S(=O)(=O)C(F)F)cc1. The van der Waals surface area contributed by atoms with E-state index in [4.69, 9.17) is 9.26 Å². The zero-order chi connectivity index (χ0) is 19.4. The third-order valence-corrected chi connectivity index (χ3v) is 4.88. The summed E-state index contributed by atoms with van der Waals surface area (Å²) in [5.74, 6) is -3.93. The summed E-state index contributed by atoms with van der Waals surface area (Å²) in [6, 6.07) is 13.0. The third kappa shape index (κ3) is 4.17. The first-order chi connectivity index (χ1) is 12.9. The fourth-order valence-corrected chi connectivity index (χ4v) is 2.83. The number of alkyl halides is 2. The van der Waals surface area contributed by atoms with Crippen molar-refractivity contribution in [2.24, 2.45) is 0 Å². The maximum absolute atomic E-state index is 12.5.